The summed E-state index contributed by atoms with van der Waals surface area (Å²) in [6.07, 6.45) is 0. The fraction of sp³-hybridized carbons (Fsp3) is 0.538. The quantitative estimate of drug-likeness (QED) is 0.862. The van der Waals surface area contributed by atoms with Gasteiger partial charge in [-0.3, -0.25) is 0 Å². The SMILES string of the molecule is CC(C)C(C)(CN)NCc1cc(F)cc(Br)c1.Cl. The first-order chi connectivity index (χ1) is 7.87. The molecule has 0 aliphatic heterocycles. The second-order valence-corrected chi connectivity index (χ2v) is 5.82. The van der Waals surface area contributed by atoms with Crippen molar-refractivity contribution in [3.63, 3.8) is 0 Å². The van der Waals surface area contributed by atoms with Gasteiger partial charge in [0.1, 0.15) is 5.82 Å². The van der Waals surface area contributed by atoms with Gasteiger partial charge in [0.15, 0.2) is 0 Å². The van der Waals surface area contributed by atoms with Crippen molar-refractivity contribution in [2.24, 2.45) is 11.7 Å². The van der Waals surface area contributed by atoms with Gasteiger partial charge >= 0.3 is 0 Å². The van der Waals surface area contributed by atoms with Gasteiger partial charge in [0, 0.05) is 23.1 Å². The summed E-state index contributed by atoms with van der Waals surface area (Å²) in [5.41, 5.74) is 6.57. The maximum absolute atomic E-state index is 13.2. The lowest BCUT2D eigenvalue weighted by Gasteiger charge is -2.34. The number of hydrogen-bond acceptors (Lipinski definition) is 2. The van der Waals surface area contributed by atoms with E-state index in [1.165, 1.54) is 12.1 Å². The second kappa shape index (κ2) is 7.43. The Hall–Kier alpha value is -0.160. The molecule has 0 amide bonds. The highest BCUT2D eigenvalue weighted by Gasteiger charge is 2.25. The predicted molar refractivity (Wildman–Crippen MR) is 80.5 cm³/mol. The summed E-state index contributed by atoms with van der Waals surface area (Å²) in [5, 5.41) is 3.40. The molecule has 3 N–H and O–H groups in total. The number of halogens is 3. The molecule has 2 nitrogen and oxygen atoms in total. The molecule has 0 heterocycles. The molecule has 1 atom stereocenters. The van der Waals surface area contributed by atoms with Crippen LogP contribution >= 0.6 is 28.3 Å². The van der Waals surface area contributed by atoms with E-state index in [0.29, 0.717) is 19.0 Å². The molecule has 1 unspecified atom stereocenters. The summed E-state index contributed by atoms with van der Waals surface area (Å²) in [4.78, 5) is 0. The van der Waals surface area contributed by atoms with E-state index < -0.39 is 0 Å². The Morgan fingerprint density at radius 1 is 1.39 bits per heavy atom. The lowest BCUT2D eigenvalue weighted by Crippen LogP contribution is -2.52. The van der Waals surface area contributed by atoms with Gasteiger partial charge in [-0.15, -0.1) is 12.4 Å². The Kier molecular flexibility index (Phi) is 7.37. The molecule has 1 rings (SSSR count). The van der Waals surface area contributed by atoms with Crippen molar-refractivity contribution >= 4 is 28.3 Å². The third kappa shape index (κ3) is 4.84. The van der Waals surface area contributed by atoms with Crippen molar-refractivity contribution in [1.82, 2.24) is 5.32 Å². The lowest BCUT2D eigenvalue weighted by molar-refractivity contribution is 0.267. The van der Waals surface area contributed by atoms with E-state index in [1.807, 2.05) is 6.07 Å². The second-order valence-electron chi connectivity index (χ2n) is 4.91. The van der Waals surface area contributed by atoms with Gasteiger partial charge in [-0.25, -0.2) is 4.39 Å². The van der Waals surface area contributed by atoms with Gasteiger partial charge in [0.2, 0.25) is 0 Å². The molecule has 1 aromatic rings. The van der Waals surface area contributed by atoms with Gasteiger partial charge in [-0.1, -0.05) is 29.8 Å². The average molecular weight is 340 g/mol. The van der Waals surface area contributed by atoms with E-state index in [4.69, 9.17) is 5.73 Å². The molecule has 1 aromatic carbocycles. The van der Waals surface area contributed by atoms with Crippen LogP contribution in [0.4, 0.5) is 4.39 Å². The average Bonchev–Trinajstić information content (AvgIpc) is 2.24. The molecule has 0 aromatic heterocycles. The monoisotopic (exact) mass is 338 g/mol. The van der Waals surface area contributed by atoms with Crippen LogP contribution in [0.3, 0.4) is 0 Å². The molecule has 104 valence electrons. The molecule has 0 saturated carbocycles. The van der Waals surface area contributed by atoms with Crippen molar-refractivity contribution in [1.29, 1.82) is 0 Å². The van der Waals surface area contributed by atoms with E-state index in [0.717, 1.165) is 10.0 Å². The minimum Gasteiger partial charge on any atom is -0.329 e. The van der Waals surface area contributed by atoms with Gasteiger partial charge in [-0.2, -0.15) is 0 Å². The number of benzene rings is 1. The molecule has 18 heavy (non-hydrogen) atoms. The van der Waals surface area contributed by atoms with Crippen LogP contribution in [0.2, 0.25) is 0 Å². The van der Waals surface area contributed by atoms with Crippen molar-refractivity contribution in [2.45, 2.75) is 32.9 Å². The summed E-state index contributed by atoms with van der Waals surface area (Å²) in [7, 11) is 0. The zero-order chi connectivity index (χ0) is 13.1. The number of nitrogens with one attached hydrogen (secondary N) is 1. The summed E-state index contributed by atoms with van der Waals surface area (Å²) in [6, 6.07) is 4.90. The minimum atomic E-state index is -0.227. The van der Waals surface area contributed by atoms with Crippen molar-refractivity contribution < 1.29 is 4.39 Å². The van der Waals surface area contributed by atoms with Crippen molar-refractivity contribution in [3.05, 3.63) is 34.1 Å². The van der Waals surface area contributed by atoms with E-state index in [1.54, 1.807) is 0 Å². The van der Waals surface area contributed by atoms with Crippen LogP contribution in [0.25, 0.3) is 0 Å². The minimum absolute atomic E-state index is 0. The zero-order valence-corrected chi connectivity index (χ0v) is 13.4. The first-order valence-electron chi connectivity index (χ1n) is 5.77. The highest BCUT2D eigenvalue weighted by Crippen LogP contribution is 2.18. The van der Waals surface area contributed by atoms with Gasteiger partial charge in [0.05, 0.1) is 0 Å². The normalized spacial score (nSPS) is 14.2. The highest BCUT2D eigenvalue weighted by atomic mass is 79.9. The Labute approximate surface area is 123 Å². The van der Waals surface area contributed by atoms with Crippen LogP contribution in [-0.2, 0) is 6.54 Å². The fourth-order valence-corrected chi connectivity index (χ4v) is 2.04. The Morgan fingerprint density at radius 3 is 2.44 bits per heavy atom. The fourth-order valence-electron chi connectivity index (χ4n) is 1.53. The first-order valence-corrected chi connectivity index (χ1v) is 6.57. The lowest BCUT2D eigenvalue weighted by atomic mass is 9.88. The first kappa shape index (κ1) is 17.8. The van der Waals surface area contributed by atoms with E-state index in [-0.39, 0.29) is 23.8 Å². The van der Waals surface area contributed by atoms with Crippen molar-refractivity contribution in [3.8, 4) is 0 Å². The Balaban J connectivity index is 0.00000289. The molecule has 0 radical (unpaired) electrons. The van der Waals surface area contributed by atoms with Crippen LogP contribution in [0.1, 0.15) is 26.3 Å². The molecule has 0 saturated heterocycles. The van der Waals surface area contributed by atoms with Crippen LogP contribution in [0.5, 0.6) is 0 Å². The van der Waals surface area contributed by atoms with Crippen LogP contribution in [0, 0.1) is 11.7 Å². The van der Waals surface area contributed by atoms with Crippen LogP contribution in [0.15, 0.2) is 22.7 Å². The smallest absolute Gasteiger partial charge is 0.124 e. The van der Waals surface area contributed by atoms with Gasteiger partial charge in [-0.05, 0) is 36.6 Å². The standard InChI is InChI=1S/C13H20BrFN2.ClH/c1-9(2)13(3,8-16)17-7-10-4-11(14)6-12(15)5-10;/h4-6,9,17H,7-8,16H2,1-3H3;1H. The number of rotatable bonds is 5. The van der Waals surface area contributed by atoms with E-state index >= 15 is 0 Å². The summed E-state index contributed by atoms with van der Waals surface area (Å²) in [6.45, 7) is 7.51. The number of hydrogen-bond donors (Lipinski definition) is 2. The highest BCUT2D eigenvalue weighted by molar-refractivity contribution is 9.10. The van der Waals surface area contributed by atoms with Crippen LogP contribution in [-0.4, -0.2) is 12.1 Å². The van der Waals surface area contributed by atoms with Crippen LogP contribution < -0.4 is 11.1 Å². The maximum atomic E-state index is 13.2. The molecule has 0 fully saturated rings. The molecular formula is C13H21BrClFN2. The zero-order valence-electron chi connectivity index (χ0n) is 11.0. The third-order valence-corrected chi connectivity index (χ3v) is 3.77. The molecule has 0 aliphatic carbocycles. The summed E-state index contributed by atoms with van der Waals surface area (Å²) in [5.74, 6) is 0.194. The van der Waals surface area contributed by atoms with Gasteiger partial charge < -0.3 is 11.1 Å². The Morgan fingerprint density at radius 2 is 2.00 bits per heavy atom. The molecule has 5 heteroatoms. The summed E-state index contributed by atoms with van der Waals surface area (Å²) >= 11 is 3.29. The Bertz CT molecular complexity index is 367. The predicted octanol–water partition coefficient (Wildman–Crippen LogP) is 3.47. The summed E-state index contributed by atoms with van der Waals surface area (Å²) < 4.78 is 14.0. The topological polar surface area (TPSA) is 38.0 Å². The molecular weight excluding hydrogens is 319 g/mol. The third-order valence-electron chi connectivity index (χ3n) is 3.32. The van der Waals surface area contributed by atoms with Crippen molar-refractivity contribution in [2.75, 3.05) is 6.54 Å². The molecule has 0 aliphatic rings. The van der Waals surface area contributed by atoms with E-state index in [9.17, 15) is 4.39 Å². The van der Waals surface area contributed by atoms with Gasteiger partial charge in [0.25, 0.3) is 0 Å². The van der Waals surface area contributed by atoms with E-state index in [2.05, 4.69) is 42.0 Å². The molecule has 0 spiro atoms. The largest absolute Gasteiger partial charge is 0.329 e. The number of nitrogens with two attached hydrogens (primary N) is 1. The maximum Gasteiger partial charge on any atom is 0.124 e. The molecule has 0 bridgehead atoms.